The number of unbranched alkanes of at least 4 members (excludes halogenated alkanes) is 18. The second kappa shape index (κ2) is 34.5. The maximum Gasteiger partial charge on any atom is 0.472 e. The van der Waals surface area contributed by atoms with Crippen LogP contribution in [0.25, 0.3) is 0 Å². The van der Waals surface area contributed by atoms with E-state index < -0.39 is 20.0 Å². The minimum absolute atomic E-state index is 0.0657. The fraction of sp³-hybridized carbons (Fsp3) is 0.833. The molecule has 0 spiro atoms. The van der Waals surface area contributed by atoms with Crippen LogP contribution < -0.4 is 5.32 Å². The van der Waals surface area contributed by atoms with Crippen LogP contribution in [0.5, 0.6) is 0 Å². The van der Waals surface area contributed by atoms with Gasteiger partial charge in [-0.15, -0.1) is 0 Å². The molecule has 0 aromatic rings. The van der Waals surface area contributed by atoms with Crippen LogP contribution in [0.1, 0.15) is 174 Å². The standard InChI is InChI=1S/C42H81N2O6P/c1-6-8-10-12-14-16-18-20-22-24-26-28-30-32-34-36-42(46)43-40(39-50-51(47,48)49-38-37-44(3,4)5)41(45)35-33-31-29-27-25-23-21-19-17-15-13-11-9-7-2/h14,16,20,22,25,27,40-41,45H,6-13,15,17-19,21,23-24,26,28-39H2,1-5H3,(H-,43,46,47,48)/p+1/b16-14+,22-20+,27-25+/t40-,41+/m0/s1. The maximum absolute atomic E-state index is 12.8. The van der Waals surface area contributed by atoms with Crippen molar-refractivity contribution in [2.24, 2.45) is 0 Å². The smallest absolute Gasteiger partial charge is 0.391 e. The largest absolute Gasteiger partial charge is 0.472 e. The van der Waals surface area contributed by atoms with Gasteiger partial charge in [-0.05, 0) is 70.6 Å². The van der Waals surface area contributed by atoms with Gasteiger partial charge in [-0.3, -0.25) is 13.8 Å². The number of carbonyl (C=O) groups excluding carboxylic acids is 1. The number of likely N-dealkylation sites (N-methyl/N-ethyl adjacent to an activating group) is 1. The van der Waals surface area contributed by atoms with Gasteiger partial charge in [-0.25, -0.2) is 4.57 Å². The van der Waals surface area contributed by atoms with Crippen molar-refractivity contribution in [3.8, 4) is 0 Å². The lowest BCUT2D eigenvalue weighted by molar-refractivity contribution is -0.870. The number of quaternary nitrogens is 1. The van der Waals surface area contributed by atoms with Crippen LogP contribution in [0.3, 0.4) is 0 Å². The van der Waals surface area contributed by atoms with Crippen LogP contribution in [-0.2, 0) is 18.4 Å². The molecule has 1 amide bonds. The Balaban J connectivity index is 4.49. The molecule has 8 nitrogen and oxygen atoms in total. The molecule has 1 unspecified atom stereocenters. The highest BCUT2D eigenvalue weighted by molar-refractivity contribution is 7.47. The summed E-state index contributed by atoms with van der Waals surface area (Å²) in [5, 5.41) is 13.9. The van der Waals surface area contributed by atoms with E-state index >= 15 is 0 Å². The van der Waals surface area contributed by atoms with Crippen molar-refractivity contribution < 1.29 is 32.9 Å². The molecule has 0 aliphatic carbocycles. The minimum Gasteiger partial charge on any atom is -0.391 e. The van der Waals surface area contributed by atoms with Crippen molar-refractivity contribution in [3.63, 3.8) is 0 Å². The monoisotopic (exact) mass is 742 g/mol. The lowest BCUT2D eigenvalue weighted by Crippen LogP contribution is -2.46. The van der Waals surface area contributed by atoms with E-state index in [1.807, 2.05) is 21.1 Å². The molecule has 3 N–H and O–H groups in total. The van der Waals surface area contributed by atoms with Gasteiger partial charge in [0.1, 0.15) is 13.2 Å². The van der Waals surface area contributed by atoms with Gasteiger partial charge in [0, 0.05) is 6.42 Å². The fourth-order valence-corrected chi connectivity index (χ4v) is 6.45. The summed E-state index contributed by atoms with van der Waals surface area (Å²) in [5.41, 5.74) is 0. The lowest BCUT2D eigenvalue weighted by atomic mass is 10.0. The van der Waals surface area contributed by atoms with Crippen molar-refractivity contribution in [1.82, 2.24) is 5.32 Å². The third-order valence-electron chi connectivity index (χ3n) is 9.11. The third kappa shape index (κ3) is 36.9. The molecule has 0 radical (unpaired) electrons. The quantitative estimate of drug-likeness (QED) is 0.0253. The molecule has 0 fully saturated rings. The van der Waals surface area contributed by atoms with Crippen molar-refractivity contribution >= 4 is 13.7 Å². The second-order valence-corrected chi connectivity index (χ2v) is 16.8. The predicted molar refractivity (Wildman–Crippen MR) is 217 cm³/mol. The van der Waals surface area contributed by atoms with Crippen LogP contribution in [0, 0.1) is 0 Å². The number of phosphoric acid groups is 1. The third-order valence-corrected chi connectivity index (χ3v) is 10.1. The number of hydrogen-bond acceptors (Lipinski definition) is 5. The predicted octanol–water partition coefficient (Wildman–Crippen LogP) is 11.1. The summed E-state index contributed by atoms with van der Waals surface area (Å²) < 4.78 is 23.5. The molecule has 51 heavy (non-hydrogen) atoms. The molecule has 0 saturated carbocycles. The van der Waals surface area contributed by atoms with Gasteiger partial charge in [-0.1, -0.05) is 134 Å². The SMILES string of the molecule is CCCCC/C=C/C/C=C/CCCCCCCC(=O)N[C@@H](COP(=O)(O)OCC[N+](C)(C)C)[C@H](O)CCCC/C=C/CCCCCCCCCC. The van der Waals surface area contributed by atoms with E-state index in [1.54, 1.807) is 0 Å². The molecule has 9 heteroatoms. The first-order valence-corrected chi connectivity index (χ1v) is 22.3. The van der Waals surface area contributed by atoms with Gasteiger partial charge in [0.2, 0.25) is 5.91 Å². The Hall–Kier alpha value is -1.28. The lowest BCUT2D eigenvalue weighted by Gasteiger charge is -2.26. The van der Waals surface area contributed by atoms with Gasteiger partial charge in [-0.2, -0.15) is 0 Å². The summed E-state index contributed by atoms with van der Waals surface area (Å²) in [6.45, 7) is 4.81. The van der Waals surface area contributed by atoms with Crippen LogP contribution in [0.15, 0.2) is 36.5 Å². The zero-order valence-electron chi connectivity index (χ0n) is 33.8. The highest BCUT2D eigenvalue weighted by Crippen LogP contribution is 2.43. The van der Waals surface area contributed by atoms with Gasteiger partial charge in [0.05, 0.1) is 39.9 Å². The highest BCUT2D eigenvalue weighted by Gasteiger charge is 2.28. The van der Waals surface area contributed by atoms with Crippen molar-refractivity contribution in [2.75, 3.05) is 40.9 Å². The van der Waals surface area contributed by atoms with E-state index in [0.717, 1.165) is 70.6 Å². The van der Waals surface area contributed by atoms with E-state index in [-0.39, 0.29) is 19.1 Å². The number of hydrogen-bond donors (Lipinski definition) is 3. The first-order valence-electron chi connectivity index (χ1n) is 20.9. The molecule has 300 valence electrons. The van der Waals surface area contributed by atoms with E-state index in [2.05, 4.69) is 55.6 Å². The van der Waals surface area contributed by atoms with Crippen LogP contribution in [0.4, 0.5) is 0 Å². The average Bonchev–Trinajstić information content (AvgIpc) is 3.07. The molecule has 0 rings (SSSR count). The van der Waals surface area contributed by atoms with Crippen LogP contribution in [-0.4, -0.2) is 73.4 Å². The molecular formula is C42H82N2O6P+. The van der Waals surface area contributed by atoms with Crippen molar-refractivity contribution in [3.05, 3.63) is 36.5 Å². The molecule has 0 aliphatic heterocycles. The fourth-order valence-electron chi connectivity index (χ4n) is 5.72. The van der Waals surface area contributed by atoms with E-state index in [1.165, 1.54) is 77.0 Å². The zero-order chi connectivity index (χ0) is 37.9. The Morgan fingerprint density at radius 1 is 0.667 bits per heavy atom. The van der Waals surface area contributed by atoms with Gasteiger partial charge >= 0.3 is 7.82 Å². The molecule has 0 saturated heterocycles. The number of allylic oxidation sites excluding steroid dienone is 6. The first kappa shape index (κ1) is 49.7. The van der Waals surface area contributed by atoms with Crippen molar-refractivity contribution in [1.29, 1.82) is 0 Å². The molecular weight excluding hydrogens is 659 g/mol. The summed E-state index contributed by atoms with van der Waals surface area (Å²) in [7, 11) is 1.58. The van der Waals surface area contributed by atoms with Crippen LogP contribution >= 0.6 is 7.82 Å². The van der Waals surface area contributed by atoms with Gasteiger partial charge < -0.3 is 19.8 Å². The second-order valence-electron chi connectivity index (χ2n) is 15.4. The minimum atomic E-state index is -4.32. The van der Waals surface area contributed by atoms with E-state index in [4.69, 9.17) is 9.05 Å². The zero-order valence-corrected chi connectivity index (χ0v) is 34.7. The number of aliphatic hydroxyl groups is 1. The summed E-state index contributed by atoms with van der Waals surface area (Å²) in [6.07, 6.45) is 40.2. The summed E-state index contributed by atoms with van der Waals surface area (Å²) in [6, 6.07) is -0.782. The average molecular weight is 742 g/mol. The van der Waals surface area contributed by atoms with Gasteiger partial charge in [0.15, 0.2) is 0 Å². The number of amides is 1. The van der Waals surface area contributed by atoms with Gasteiger partial charge in [0.25, 0.3) is 0 Å². The Labute approximate surface area is 315 Å². The number of phosphoric ester groups is 1. The topological polar surface area (TPSA) is 105 Å². The molecule has 0 aromatic heterocycles. The normalized spacial score (nSPS) is 14.9. The molecule has 0 aliphatic rings. The summed E-state index contributed by atoms with van der Waals surface area (Å²) in [4.78, 5) is 23.1. The summed E-state index contributed by atoms with van der Waals surface area (Å²) in [5.74, 6) is -0.170. The Morgan fingerprint density at radius 2 is 1.12 bits per heavy atom. The van der Waals surface area contributed by atoms with E-state index in [9.17, 15) is 19.4 Å². The van der Waals surface area contributed by atoms with Crippen LogP contribution in [0.2, 0.25) is 0 Å². The summed E-state index contributed by atoms with van der Waals surface area (Å²) >= 11 is 0. The van der Waals surface area contributed by atoms with Crippen molar-refractivity contribution in [2.45, 2.75) is 187 Å². The Morgan fingerprint density at radius 3 is 1.67 bits per heavy atom. The number of rotatable bonds is 37. The number of carbonyl (C=O) groups is 1. The Bertz CT molecular complexity index is 933. The van der Waals surface area contributed by atoms with E-state index in [0.29, 0.717) is 23.9 Å². The first-order chi connectivity index (χ1) is 24.5. The molecule has 3 atom stereocenters. The molecule has 0 aromatic carbocycles. The maximum atomic E-state index is 12.8. The number of nitrogens with one attached hydrogen (secondary N) is 1. The Kier molecular flexibility index (Phi) is 33.6. The molecule has 0 heterocycles. The highest BCUT2D eigenvalue weighted by atomic mass is 31.2. The number of aliphatic hydroxyl groups excluding tert-OH is 1. The number of nitrogens with zero attached hydrogens (tertiary/aromatic N) is 1. The molecule has 0 bridgehead atoms.